The number of morpholine rings is 1. The van der Waals surface area contributed by atoms with Gasteiger partial charge in [0.2, 0.25) is 11.8 Å². The van der Waals surface area contributed by atoms with E-state index >= 15 is 0 Å². The fourth-order valence-electron chi connectivity index (χ4n) is 2.48. The summed E-state index contributed by atoms with van der Waals surface area (Å²) in [5.74, 6) is -0.201. The molecule has 0 bridgehead atoms. The molecule has 1 saturated heterocycles. The third kappa shape index (κ3) is 3.65. The van der Waals surface area contributed by atoms with Crippen LogP contribution in [0.3, 0.4) is 0 Å². The Morgan fingerprint density at radius 1 is 1.18 bits per heavy atom. The maximum atomic E-state index is 12.6. The second-order valence-corrected chi connectivity index (χ2v) is 6.12. The summed E-state index contributed by atoms with van der Waals surface area (Å²) in [4.78, 5) is 26.6. The Bertz CT molecular complexity index is 522. The third-order valence-electron chi connectivity index (χ3n) is 4.10. The van der Waals surface area contributed by atoms with E-state index in [1.165, 1.54) is 0 Å². The standard InChI is InChI=1S/C17H24N2O3/c1-13(15(20)19-9-11-22-12-10-19)18-16(21)17(2,3)14-7-5-4-6-8-14/h4-8,13H,9-12H2,1-3H3,(H,18,21)/t13-/m0/s1. The van der Waals surface area contributed by atoms with Crippen molar-refractivity contribution < 1.29 is 14.3 Å². The van der Waals surface area contributed by atoms with Crippen molar-refractivity contribution in [3.05, 3.63) is 35.9 Å². The van der Waals surface area contributed by atoms with Crippen molar-refractivity contribution in [1.29, 1.82) is 0 Å². The maximum Gasteiger partial charge on any atom is 0.245 e. The molecule has 1 heterocycles. The highest BCUT2D eigenvalue weighted by atomic mass is 16.5. The van der Waals surface area contributed by atoms with Crippen molar-refractivity contribution in [3.63, 3.8) is 0 Å². The minimum absolute atomic E-state index is 0.0551. The lowest BCUT2D eigenvalue weighted by Gasteiger charge is -2.31. The zero-order valence-electron chi connectivity index (χ0n) is 13.5. The van der Waals surface area contributed by atoms with Crippen LogP contribution in [0.2, 0.25) is 0 Å². The van der Waals surface area contributed by atoms with Crippen LogP contribution in [0.25, 0.3) is 0 Å². The number of nitrogens with zero attached hydrogens (tertiary/aromatic N) is 1. The van der Waals surface area contributed by atoms with Gasteiger partial charge in [-0.15, -0.1) is 0 Å². The molecule has 0 saturated carbocycles. The fourth-order valence-corrected chi connectivity index (χ4v) is 2.48. The van der Waals surface area contributed by atoms with Gasteiger partial charge in [0.05, 0.1) is 18.6 Å². The quantitative estimate of drug-likeness (QED) is 0.913. The van der Waals surface area contributed by atoms with E-state index in [1.807, 2.05) is 44.2 Å². The molecule has 2 amide bonds. The summed E-state index contributed by atoms with van der Waals surface area (Å²) >= 11 is 0. The summed E-state index contributed by atoms with van der Waals surface area (Å²) in [6.45, 7) is 7.75. The first-order valence-electron chi connectivity index (χ1n) is 7.66. The predicted molar refractivity (Wildman–Crippen MR) is 84.5 cm³/mol. The number of amides is 2. The van der Waals surface area contributed by atoms with Gasteiger partial charge in [0, 0.05) is 13.1 Å². The number of benzene rings is 1. The largest absolute Gasteiger partial charge is 0.378 e. The molecule has 1 aliphatic rings. The van der Waals surface area contributed by atoms with Crippen LogP contribution in [0, 0.1) is 0 Å². The molecular weight excluding hydrogens is 280 g/mol. The lowest BCUT2D eigenvalue weighted by atomic mass is 9.83. The minimum atomic E-state index is -0.680. The lowest BCUT2D eigenvalue weighted by molar-refractivity contribution is -0.140. The Morgan fingerprint density at radius 3 is 2.36 bits per heavy atom. The van der Waals surface area contributed by atoms with E-state index < -0.39 is 11.5 Å². The SMILES string of the molecule is C[C@H](NC(=O)C(C)(C)c1ccccc1)C(=O)N1CCOCC1. The molecule has 2 rings (SSSR count). The number of carbonyl (C=O) groups excluding carboxylic acids is 2. The molecule has 0 aliphatic carbocycles. The monoisotopic (exact) mass is 304 g/mol. The predicted octanol–water partition coefficient (Wildman–Crippen LogP) is 1.33. The van der Waals surface area contributed by atoms with Crippen LogP contribution in [-0.2, 0) is 19.7 Å². The van der Waals surface area contributed by atoms with Crippen LogP contribution in [0.1, 0.15) is 26.3 Å². The maximum absolute atomic E-state index is 12.6. The van der Waals surface area contributed by atoms with Crippen LogP contribution >= 0.6 is 0 Å². The fraction of sp³-hybridized carbons (Fsp3) is 0.529. The average molecular weight is 304 g/mol. The van der Waals surface area contributed by atoms with Gasteiger partial charge in [0.1, 0.15) is 6.04 Å². The van der Waals surface area contributed by atoms with Gasteiger partial charge >= 0.3 is 0 Å². The summed E-state index contributed by atoms with van der Waals surface area (Å²) in [5.41, 5.74) is 0.249. The molecule has 1 N–H and O–H groups in total. The summed E-state index contributed by atoms with van der Waals surface area (Å²) in [6.07, 6.45) is 0. The Hall–Kier alpha value is -1.88. The van der Waals surface area contributed by atoms with Crippen molar-refractivity contribution in [2.45, 2.75) is 32.2 Å². The molecule has 120 valence electrons. The van der Waals surface area contributed by atoms with Gasteiger partial charge in [0.15, 0.2) is 0 Å². The molecule has 1 aromatic rings. The van der Waals surface area contributed by atoms with Crippen molar-refractivity contribution >= 4 is 11.8 Å². The summed E-state index contributed by atoms with van der Waals surface area (Å²) < 4.78 is 5.24. The van der Waals surface area contributed by atoms with Crippen molar-refractivity contribution in [3.8, 4) is 0 Å². The summed E-state index contributed by atoms with van der Waals surface area (Å²) in [5, 5.41) is 2.84. The van der Waals surface area contributed by atoms with E-state index in [0.717, 1.165) is 5.56 Å². The normalized spacial score (nSPS) is 17.0. The third-order valence-corrected chi connectivity index (χ3v) is 4.10. The van der Waals surface area contributed by atoms with Crippen LogP contribution < -0.4 is 5.32 Å². The van der Waals surface area contributed by atoms with Crippen LogP contribution in [0.5, 0.6) is 0 Å². The van der Waals surface area contributed by atoms with Gasteiger partial charge in [0.25, 0.3) is 0 Å². The van der Waals surface area contributed by atoms with Crippen molar-refractivity contribution in [1.82, 2.24) is 10.2 Å². The highest BCUT2D eigenvalue weighted by Gasteiger charge is 2.32. The molecule has 1 aromatic carbocycles. The van der Waals surface area contributed by atoms with E-state index in [1.54, 1.807) is 11.8 Å². The molecule has 22 heavy (non-hydrogen) atoms. The number of ether oxygens (including phenoxy) is 1. The second kappa shape index (κ2) is 6.92. The average Bonchev–Trinajstić information content (AvgIpc) is 2.55. The number of rotatable bonds is 4. The molecule has 0 radical (unpaired) electrons. The first kappa shape index (κ1) is 16.5. The van der Waals surface area contributed by atoms with E-state index in [4.69, 9.17) is 4.74 Å². The molecule has 1 fully saturated rings. The van der Waals surface area contributed by atoms with E-state index in [0.29, 0.717) is 26.3 Å². The Morgan fingerprint density at radius 2 is 1.77 bits per heavy atom. The summed E-state index contributed by atoms with van der Waals surface area (Å²) in [6, 6.07) is 9.05. The van der Waals surface area contributed by atoms with Gasteiger partial charge < -0.3 is 15.0 Å². The smallest absolute Gasteiger partial charge is 0.245 e. The van der Waals surface area contributed by atoms with Crippen molar-refractivity contribution in [2.75, 3.05) is 26.3 Å². The second-order valence-electron chi connectivity index (χ2n) is 6.12. The summed E-state index contributed by atoms with van der Waals surface area (Å²) in [7, 11) is 0. The molecule has 0 spiro atoms. The van der Waals surface area contributed by atoms with Gasteiger partial charge in [-0.1, -0.05) is 30.3 Å². The van der Waals surface area contributed by atoms with Gasteiger partial charge in [-0.2, -0.15) is 0 Å². The van der Waals surface area contributed by atoms with E-state index in [2.05, 4.69) is 5.32 Å². The molecule has 5 heteroatoms. The molecule has 1 aliphatic heterocycles. The van der Waals surface area contributed by atoms with E-state index in [-0.39, 0.29) is 11.8 Å². The van der Waals surface area contributed by atoms with Gasteiger partial charge in [-0.05, 0) is 26.3 Å². The minimum Gasteiger partial charge on any atom is -0.378 e. The number of hydrogen-bond acceptors (Lipinski definition) is 3. The Balaban J connectivity index is 1.99. The van der Waals surface area contributed by atoms with Crippen molar-refractivity contribution in [2.24, 2.45) is 0 Å². The van der Waals surface area contributed by atoms with Crippen LogP contribution in [-0.4, -0.2) is 49.1 Å². The molecule has 0 unspecified atom stereocenters. The number of nitrogens with one attached hydrogen (secondary N) is 1. The lowest BCUT2D eigenvalue weighted by Crippen LogP contribution is -2.53. The first-order valence-corrected chi connectivity index (χ1v) is 7.66. The first-order chi connectivity index (χ1) is 10.4. The number of hydrogen-bond donors (Lipinski definition) is 1. The molecular formula is C17H24N2O3. The van der Waals surface area contributed by atoms with Gasteiger partial charge in [-0.3, -0.25) is 9.59 Å². The zero-order chi connectivity index (χ0) is 16.2. The highest BCUT2D eigenvalue weighted by molar-refractivity contribution is 5.92. The molecule has 5 nitrogen and oxygen atoms in total. The van der Waals surface area contributed by atoms with Gasteiger partial charge in [-0.25, -0.2) is 0 Å². The number of carbonyl (C=O) groups is 2. The van der Waals surface area contributed by atoms with Crippen LogP contribution in [0.4, 0.5) is 0 Å². The Kier molecular flexibility index (Phi) is 5.19. The van der Waals surface area contributed by atoms with Crippen LogP contribution in [0.15, 0.2) is 30.3 Å². The molecule has 0 aromatic heterocycles. The highest BCUT2D eigenvalue weighted by Crippen LogP contribution is 2.23. The zero-order valence-corrected chi connectivity index (χ0v) is 13.5. The topological polar surface area (TPSA) is 58.6 Å². The van der Waals surface area contributed by atoms with E-state index in [9.17, 15) is 9.59 Å². The molecule has 1 atom stereocenters. The Labute approximate surface area is 131 Å².